The molecule has 0 amide bonds. The third-order valence-electron chi connectivity index (χ3n) is 4.77. The molecule has 1 aliphatic rings. The number of rotatable bonds is 2. The molecule has 1 saturated carbocycles. The third-order valence-corrected chi connectivity index (χ3v) is 4.77. The van der Waals surface area contributed by atoms with E-state index >= 15 is 0 Å². The van der Waals surface area contributed by atoms with E-state index in [1.54, 1.807) is 0 Å². The minimum Gasteiger partial charge on any atom is -0.469 e. The van der Waals surface area contributed by atoms with Crippen LogP contribution in [-0.4, -0.2) is 27.7 Å². The highest BCUT2D eigenvalue weighted by Gasteiger charge is 2.26. The van der Waals surface area contributed by atoms with Gasteiger partial charge in [0.2, 0.25) is 0 Å². The zero-order valence-corrected chi connectivity index (χ0v) is 13.5. The van der Waals surface area contributed by atoms with E-state index in [0.717, 1.165) is 54.7 Å². The Kier molecular flexibility index (Phi) is 4.14. The first-order chi connectivity index (χ1) is 10.6. The Hall–Kier alpha value is -1.91. The van der Waals surface area contributed by atoms with E-state index in [9.17, 15) is 4.79 Å². The van der Waals surface area contributed by atoms with Gasteiger partial charge in [0.25, 0.3) is 0 Å². The van der Waals surface area contributed by atoms with Crippen LogP contribution in [0.25, 0.3) is 5.65 Å². The number of fused-ring (bicyclic) bond motifs is 1. The Labute approximate surface area is 130 Å². The summed E-state index contributed by atoms with van der Waals surface area (Å²) in [5, 5.41) is 4.36. The molecule has 22 heavy (non-hydrogen) atoms. The summed E-state index contributed by atoms with van der Waals surface area (Å²) in [7, 11) is 1.48. The Balaban J connectivity index is 1.85. The van der Waals surface area contributed by atoms with Crippen LogP contribution in [0.3, 0.4) is 0 Å². The zero-order chi connectivity index (χ0) is 15.7. The van der Waals surface area contributed by atoms with E-state index in [4.69, 9.17) is 9.72 Å². The normalized spacial score (nSPS) is 22.5. The van der Waals surface area contributed by atoms with Gasteiger partial charge in [0.1, 0.15) is 0 Å². The number of carbonyl (C=O) groups excluding carboxylic acids is 1. The molecule has 0 radical (unpaired) electrons. The van der Waals surface area contributed by atoms with E-state index in [0.29, 0.717) is 5.92 Å². The van der Waals surface area contributed by atoms with E-state index in [1.807, 2.05) is 17.6 Å². The third kappa shape index (κ3) is 2.72. The summed E-state index contributed by atoms with van der Waals surface area (Å²) in [6, 6.07) is 2.14. The molecule has 0 unspecified atom stereocenters. The van der Waals surface area contributed by atoms with Crippen LogP contribution in [0.15, 0.2) is 12.3 Å². The highest BCUT2D eigenvalue weighted by Crippen LogP contribution is 2.34. The maximum atomic E-state index is 11.8. The van der Waals surface area contributed by atoms with Gasteiger partial charge >= 0.3 is 5.97 Å². The van der Waals surface area contributed by atoms with Crippen molar-refractivity contribution in [2.45, 2.75) is 51.9 Å². The summed E-state index contributed by atoms with van der Waals surface area (Å²) in [4.78, 5) is 16.6. The Morgan fingerprint density at radius 1 is 1.27 bits per heavy atom. The Morgan fingerprint density at radius 2 is 2.09 bits per heavy atom. The first kappa shape index (κ1) is 15.0. The quantitative estimate of drug-likeness (QED) is 0.631. The lowest BCUT2D eigenvalue weighted by Crippen LogP contribution is -2.15. The second-order valence-corrected chi connectivity index (χ2v) is 6.31. The van der Waals surface area contributed by atoms with Crippen molar-refractivity contribution in [1.82, 2.24) is 14.6 Å². The molecule has 5 nitrogen and oxygen atoms in total. The molecule has 118 valence electrons. The molecule has 2 atom stereocenters. The number of carbonyl (C=O) groups is 1. The van der Waals surface area contributed by atoms with Crippen LogP contribution in [0.5, 0.6) is 0 Å². The maximum absolute atomic E-state index is 11.8. The second-order valence-electron chi connectivity index (χ2n) is 6.31. The van der Waals surface area contributed by atoms with Gasteiger partial charge in [-0.15, -0.1) is 0 Å². The minimum atomic E-state index is -0.0631. The fourth-order valence-corrected chi connectivity index (χ4v) is 3.46. The number of hydrogen-bond acceptors (Lipinski definition) is 4. The van der Waals surface area contributed by atoms with Crippen molar-refractivity contribution >= 4 is 11.6 Å². The molecule has 0 bridgehead atoms. The summed E-state index contributed by atoms with van der Waals surface area (Å²) in [5.74, 6) is 0.413. The molecule has 0 aliphatic heterocycles. The van der Waals surface area contributed by atoms with Crippen molar-refractivity contribution in [1.29, 1.82) is 0 Å². The predicted molar refractivity (Wildman–Crippen MR) is 83.8 cm³/mol. The van der Waals surface area contributed by atoms with Crippen LogP contribution in [0.4, 0.5) is 0 Å². The van der Waals surface area contributed by atoms with Gasteiger partial charge in [-0.3, -0.25) is 4.79 Å². The average Bonchev–Trinajstić information content (AvgIpc) is 2.75. The molecule has 5 heteroatoms. The van der Waals surface area contributed by atoms with Crippen molar-refractivity contribution < 1.29 is 9.53 Å². The lowest BCUT2D eigenvalue weighted by Gasteiger charge is -2.15. The summed E-state index contributed by atoms with van der Waals surface area (Å²) in [6.45, 7) is 4.11. The van der Waals surface area contributed by atoms with Crippen LogP contribution in [0.2, 0.25) is 0 Å². The maximum Gasteiger partial charge on any atom is 0.308 e. The van der Waals surface area contributed by atoms with Gasteiger partial charge in [0, 0.05) is 22.9 Å². The van der Waals surface area contributed by atoms with E-state index in [2.05, 4.69) is 18.1 Å². The molecule has 3 rings (SSSR count). The van der Waals surface area contributed by atoms with Gasteiger partial charge in [-0.05, 0) is 45.6 Å². The lowest BCUT2D eigenvalue weighted by molar-refractivity contribution is -0.145. The summed E-state index contributed by atoms with van der Waals surface area (Å²) >= 11 is 0. The van der Waals surface area contributed by atoms with Gasteiger partial charge in [0.05, 0.1) is 19.2 Å². The molecule has 0 N–H and O–H groups in total. The highest BCUT2D eigenvalue weighted by atomic mass is 16.5. The summed E-state index contributed by atoms with van der Waals surface area (Å²) in [5.41, 5.74) is 4.30. The number of aromatic nitrogens is 3. The fraction of sp³-hybridized carbons (Fsp3) is 0.588. The van der Waals surface area contributed by atoms with Crippen molar-refractivity contribution in [3.63, 3.8) is 0 Å². The van der Waals surface area contributed by atoms with E-state index in [-0.39, 0.29) is 11.9 Å². The van der Waals surface area contributed by atoms with Gasteiger partial charge in [-0.2, -0.15) is 5.10 Å². The number of nitrogens with zero attached hydrogens (tertiary/aromatic N) is 3. The lowest BCUT2D eigenvalue weighted by atomic mass is 9.95. The van der Waals surface area contributed by atoms with Crippen LogP contribution < -0.4 is 0 Å². The van der Waals surface area contributed by atoms with Crippen LogP contribution >= 0.6 is 0 Å². The van der Waals surface area contributed by atoms with E-state index in [1.165, 1.54) is 7.11 Å². The van der Waals surface area contributed by atoms with Crippen molar-refractivity contribution in [2.75, 3.05) is 7.11 Å². The first-order valence-corrected chi connectivity index (χ1v) is 8.00. The van der Waals surface area contributed by atoms with Gasteiger partial charge in [-0.25, -0.2) is 9.50 Å². The van der Waals surface area contributed by atoms with Crippen molar-refractivity contribution in [3.8, 4) is 0 Å². The SMILES string of the molecule is COC(=O)[C@H]1CCC[C@H](c2cc(C)n3ncc(C)c3n2)CC1. The molecule has 1 aliphatic carbocycles. The van der Waals surface area contributed by atoms with Crippen LogP contribution in [0, 0.1) is 19.8 Å². The smallest absolute Gasteiger partial charge is 0.308 e. The first-order valence-electron chi connectivity index (χ1n) is 8.00. The molecule has 0 aromatic carbocycles. The predicted octanol–water partition coefficient (Wildman–Crippen LogP) is 3.18. The molecular formula is C17H23N3O2. The summed E-state index contributed by atoms with van der Waals surface area (Å²) < 4.78 is 6.80. The molecule has 0 spiro atoms. The minimum absolute atomic E-state index is 0.0523. The largest absolute Gasteiger partial charge is 0.469 e. The molecule has 1 fully saturated rings. The molecule has 2 heterocycles. The molecule has 2 aromatic rings. The number of ether oxygens (including phenoxy) is 1. The standard InChI is InChI=1S/C17H23N3O2/c1-11-10-18-20-12(2)9-15(19-16(11)20)13-5-4-6-14(8-7-13)17(21)22-3/h9-10,13-14H,4-8H2,1-3H3/t13-,14-/m0/s1. The summed E-state index contributed by atoms with van der Waals surface area (Å²) in [6.07, 6.45) is 6.81. The topological polar surface area (TPSA) is 56.5 Å². The van der Waals surface area contributed by atoms with E-state index < -0.39 is 0 Å². The zero-order valence-electron chi connectivity index (χ0n) is 13.5. The van der Waals surface area contributed by atoms with Crippen molar-refractivity contribution in [2.24, 2.45) is 5.92 Å². The Morgan fingerprint density at radius 3 is 2.86 bits per heavy atom. The molecule has 0 saturated heterocycles. The number of aryl methyl sites for hydroxylation is 2. The van der Waals surface area contributed by atoms with Gasteiger partial charge < -0.3 is 4.74 Å². The fourth-order valence-electron chi connectivity index (χ4n) is 3.46. The van der Waals surface area contributed by atoms with Crippen LogP contribution in [0.1, 0.15) is 55.0 Å². The molecule has 2 aromatic heterocycles. The average molecular weight is 301 g/mol. The van der Waals surface area contributed by atoms with Gasteiger partial charge in [0.15, 0.2) is 5.65 Å². The Bertz CT molecular complexity index is 693. The van der Waals surface area contributed by atoms with Gasteiger partial charge in [-0.1, -0.05) is 6.42 Å². The number of esters is 1. The highest BCUT2D eigenvalue weighted by molar-refractivity contribution is 5.72. The number of methoxy groups -OCH3 is 1. The second kappa shape index (κ2) is 6.07. The van der Waals surface area contributed by atoms with Crippen molar-refractivity contribution in [3.05, 3.63) is 29.2 Å². The van der Waals surface area contributed by atoms with Crippen LogP contribution in [-0.2, 0) is 9.53 Å². The molecular weight excluding hydrogens is 278 g/mol. The monoisotopic (exact) mass is 301 g/mol. The number of hydrogen-bond donors (Lipinski definition) is 0.